The highest BCUT2D eigenvalue weighted by Crippen LogP contribution is 2.63. The molecule has 3 aliphatic carbocycles. The third-order valence-electron chi connectivity index (χ3n) is 15.5. The number of hydrogen-bond donors (Lipinski definition) is 0. The van der Waals surface area contributed by atoms with Gasteiger partial charge in [0.15, 0.2) is 0 Å². The minimum atomic E-state index is -0.410. The summed E-state index contributed by atoms with van der Waals surface area (Å²) in [5, 5.41) is 2.44. The van der Waals surface area contributed by atoms with Crippen molar-refractivity contribution in [2.24, 2.45) is 0 Å². The molecule has 0 aliphatic heterocycles. The summed E-state index contributed by atoms with van der Waals surface area (Å²) in [6.45, 7) is 11.6. The summed E-state index contributed by atoms with van der Waals surface area (Å²) in [5.41, 5.74) is 25.2. The molecular formula is C66H51N. The Balaban J connectivity index is 1.08. The first-order chi connectivity index (χ1) is 32.7. The lowest BCUT2D eigenvalue weighted by Crippen LogP contribution is -2.25. The number of fused-ring (bicyclic) bond motifs is 14. The van der Waals surface area contributed by atoms with Crippen LogP contribution in [-0.4, -0.2) is 0 Å². The van der Waals surface area contributed by atoms with Crippen molar-refractivity contribution in [2.75, 3.05) is 4.90 Å². The van der Waals surface area contributed by atoms with E-state index in [4.69, 9.17) is 0 Å². The van der Waals surface area contributed by atoms with E-state index in [9.17, 15) is 0 Å². The number of benzene rings is 10. The summed E-state index contributed by atoms with van der Waals surface area (Å²) in [5.74, 6) is 0. The van der Waals surface area contributed by atoms with Crippen molar-refractivity contribution >= 4 is 27.8 Å². The van der Waals surface area contributed by atoms with Crippen LogP contribution in [0.1, 0.15) is 73.6 Å². The average Bonchev–Trinajstić information content (AvgIpc) is 3.92. The Morgan fingerprint density at radius 2 is 0.836 bits per heavy atom. The van der Waals surface area contributed by atoms with E-state index in [1.807, 2.05) is 0 Å². The summed E-state index contributed by atoms with van der Waals surface area (Å²) in [6, 6.07) is 82.6. The Morgan fingerprint density at radius 3 is 1.49 bits per heavy atom. The molecule has 0 radical (unpaired) electrons. The smallest absolute Gasteiger partial charge is 0.0725 e. The largest absolute Gasteiger partial charge is 0.310 e. The predicted octanol–water partition coefficient (Wildman–Crippen LogP) is 17.6. The molecule has 0 saturated carbocycles. The van der Waals surface area contributed by atoms with Crippen molar-refractivity contribution in [2.45, 2.75) is 50.9 Å². The van der Waals surface area contributed by atoms with Crippen LogP contribution in [-0.2, 0) is 16.2 Å². The van der Waals surface area contributed by atoms with Gasteiger partial charge in [-0.3, -0.25) is 0 Å². The maximum Gasteiger partial charge on any atom is 0.0725 e. The standard InChI is InChI=1S/C66H51N/c1-64(2,3)43-34-36-44(37-35-43)67(45-38-39-59-54(41-45)50-24-12-17-31-58(50)66(59)56-29-15-10-22-48(56)49-23-11-16-30-57(49)66)61-40-33-42-19-6-7-20-46(42)63(61)52-25-9-8-21-47(52)51-27-18-32-60-62(51)53-26-13-14-28-55(53)65(60,4)5/h6-41H,1-5H3. The van der Waals surface area contributed by atoms with Gasteiger partial charge in [-0.2, -0.15) is 0 Å². The van der Waals surface area contributed by atoms with Crippen molar-refractivity contribution in [3.8, 4) is 55.6 Å². The Kier molecular flexibility index (Phi) is 8.50. The summed E-state index contributed by atoms with van der Waals surface area (Å²) < 4.78 is 0. The predicted molar refractivity (Wildman–Crippen MR) is 282 cm³/mol. The van der Waals surface area contributed by atoms with Gasteiger partial charge in [0.05, 0.1) is 11.1 Å². The summed E-state index contributed by atoms with van der Waals surface area (Å²) >= 11 is 0. The first-order valence-corrected chi connectivity index (χ1v) is 23.8. The minimum Gasteiger partial charge on any atom is -0.310 e. The van der Waals surface area contributed by atoms with Crippen LogP contribution in [0.4, 0.5) is 17.1 Å². The zero-order chi connectivity index (χ0) is 45.2. The second-order valence-electron chi connectivity index (χ2n) is 20.4. The van der Waals surface area contributed by atoms with Gasteiger partial charge in [-0.1, -0.05) is 223 Å². The lowest BCUT2D eigenvalue weighted by Gasteiger charge is -2.32. The molecule has 67 heavy (non-hydrogen) atoms. The maximum absolute atomic E-state index is 2.53. The molecule has 10 aromatic rings. The van der Waals surface area contributed by atoms with Crippen LogP contribution in [0.15, 0.2) is 218 Å². The number of rotatable bonds is 5. The van der Waals surface area contributed by atoms with Gasteiger partial charge in [0, 0.05) is 22.4 Å². The van der Waals surface area contributed by atoms with Crippen LogP contribution in [0.2, 0.25) is 0 Å². The number of nitrogens with zero attached hydrogens (tertiary/aromatic N) is 1. The van der Waals surface area contributed by atoms with Gasteiger partial charge in [0.1, 0.15) is 0 Å². The molecule has 0 N–H and O–H groups in total. The Hall–Kier alpha value is -7.74. The van der Waals surface area contributed by atoms with E-state index in [2.05, 4.69) is 258 Å². The molecule has 0 fully saturated rings. The highest BCUT2D eigenvalue weighted by molar-refractivity contribution is 6.10. The molecule has 0 bridgehead atoms. The van der Waals surface area contributed by atoms with Crippen molar-refractivity contribution in [1.29, 1.82) is 0 Å². The first-order valence-electron chi connectivity index (χ1n) is 23.8. The van der Waals surface area contributed by atoms with E-state index < -0.39 is 5.41 Å². The molecular weight excluding hydrogens is 807 g/mol. The van der Waals surface area contributed by atoms with Gasteiger partial charge in [-0.15, -0.1) is 0 Å². The molecule has 3 aliphatic rings. The Morgan fingerprint density at radius 1 is 0.343 bits per heavy atom. The average molecular weight is 858 g/mol. The molecule has 0 aromatic heterocycles. The highest BCUT2D eigenvalue weighted by Gasteiger charge is 2.51. The van der Waals surface area contributed by atoms with Crippen LogP contribution < -0.4 is 4.90 Å². The molecule has 10 aromatic carbocycles. The van der Waals surface area contributed by atoms with Gasteiger partial charge in [-0.25, -0.2) is 0 Å². The maximum atomic E-state index is 2.53. The van der Waals surface area contributed by atoms with Crippen molar-refractivity contribution in [1.82, 2.24) is 0 Å². The molecule has 0 saturated heterocycles. The molecule has 1 heteroatoms. The van der Waals surface area contributed by atoms with Crippen molar-refractivity contribution in [3.63, 3.8) is 0 Å². The molecule has 0 atom stereocenters. The van der Waals surface area contributed by atoms with Gasteiger partial charge in [-0.05, 0) is 136 Å². The van der Waals surface area contributed by atoms with Crippen LogP contribution in [0.5, 0.6) is 0 Å². The normalized spacial score (nSPS) is 14.3. The second kappa shape index (κ2) is 14.4. The Bertz CT molecular complexity index is 3610. The van der Waals surface area contributed by atoms with Gasteiger partial charge in [0.25, 0.3) is 0 Å². The van der Waals surface area contributed by atoms with E-state index in [1.54, 1.807) is 0 Å². The fourth-order valence-corrected chi connectivity index (χ4v) is 12.4. The zero-order valence-corrected chi connectivity index (χ0v) is 38.7. The quantitative estimate of drug-likeness (QED) is 0.167. The third-order valence-corrected chi connectivity index (χ3v) is 15.5. The summed E-state index contributed by atoms with van der Waals surface area (Å²) in [4.78, 5) is 2.53. The van der Waals surface area contributed by atoms with Crippen LogP contribution in [0.25, 0.3) is 66.4 Å². The summed E-state index contributed by atoms with van der Waals surface area (Å²) in [7, 11) is 0. The first kappa shape index (κ1) is 39.6. The topological polar surface area (TPSA) is 3.24 Å². The molecule has 1 nitrogen and oxygen atoms in total. The van der Waals surface area contributed by atoms with Gasteiger partial charge in [0.2, 0.25) is 0 Å². The fourth-order valence-electron chi connectivity index (χ4n) is 12.4. The third kappa shape index (κ3) is 5.55. The van der Waals surface area contributed by atoms with E-state index in [-0.39, 0.29) is 10.8 Å². The second-order valence-corrected chi connectivity index (χ2v) is 20.4. The molecule has 13 rings (SSSR count). The van der Waals surface area contributed by atoms with Crippen LogP contribution >= 0.6 is 0 Å². The molecule has 1 spiro atoms. The number of hydrogen-bond acceptors (Lipinski definition) is 1. The Labute approximate surface area is 394 Å². The lowest BCUT2D eigenvalue weighted by molar-refractivity contribution is 0.590. The van der Waals surface area contributed by atoms with E-state index in [0.29, 0.717) is 0 Å². The lowest BCUT2D eigenvalue weighted by atomic mass is 9.70. The van der Waals surface area contributed by atoms with Gasteiger partial charge >= 0.3 is 0 Å². The van der Waals surface area contributed by atoms with Crippen LogP contribution in [0, 0.1) is 0 Å². The van der Waals surface area contributed by atoms with E-state index in [0.717, 1.165) is 17.1 Å². The van der Waals surface area contributed by atoms with E-state index >= 15 is 0 Å². The fraction of sp³-hybridized carbons (Fsp3) is 0.121. The van der Waals surface area contributed by atoms with E-state index in [1.165, 1.54) is 105 Å². The van der Waals surface area contributed by atoms with Crippen LogP contribution in [0.3, 0.4) is 0 Å². The SMILES string of the molecule is CC(C)(C)c1ccc(N(c2ccc3c(c2)-c2ccccc2C32c3ccccc3-c3ccccc32)c2ccc3ccccc3c2-c2ccccc2-c2cccc3c2-c2ccccc2C3(C)C)cc1. The van der Waals surface area contributed by atoms with Crippen molar-refractivity contribution in [3.05, 3.63) is 257 Å². The van der Waals surface area contributed by atoms with Crippen molar-refractivity contribution < 1.29 is 0 Å². The monoisotopic (exact) mass is 857 g/mol. The number of anilines is 3. The summed E-state index contributed by atoms with van der Waals surface area (Å²) in [6.07, 6.45) is 0. The minimum absolute atomic E-state index is 0.0129. The highest BCUT2D eigenvalue weighted by atomic mass is 15.1. The van der Waals surface area contributed by atoms with Gasteiger partial charge < -0.3 is 4.90 Å². The molecule has 0 amide bonds. The molecule has 0 heterocycles. The zero-order valence-electron chi connectivity index (χ0n) is 38.7. The molecule has 320 valence electrons. The molecule has 0 unspecified atom stereocenters.